The van der Waals surface area contributed by atoms with Crippen LogP contribution in [-0.4, -0.2) is 29.9 Å². The van der Waals surface area contributed by atoms with Gasteiger partial charge in [-0.05, 0) is 32.0 Å². The summed E-state index contributed by atoms with van der Waals surface area (Å²) in [7, 11) is 0. The first-order valence-electron chi connectivity index (χ1n) is 5.65. The van der Waals surface area contributed by atoms with Crippen LogP contribution in [0.3, 0.4) is 0 Å². The van der Waals surface area contributed by atoms with Gasteiger partial charge in [0.1, 0.15) is 0 Å². The first kappa shape index (κ1) is 12.8. The van der Waals surface area contributed by atoms with Gasteiger partial charge < -0.3 is 4.90 Å². The number of carbonyl (C=O) groups is 1. The number of carbonyl (C=O) groups excluding carboxylic acids is 1. The van der Waals surface area contributed by atoms with Gasteiger partial charge in [-0.1, -0.05) is 11.6 Å². The van der Waals surface area contributed by atoms with Gasteiger partial charge in [-0.15, -0.1) is 0 Å². The van der Waals surface area contributed by atoms with Gasteiger partial charge in [0, 0.05) is 39.9 Å². The molecule has 0 spiro atoms. The van der Waals surface area contributed by atoms with Crippen molar-refractivity contribution in [1.82, 2.24) is 0 Å². The lowest BCUT2D eigenvalue weighted by Crippen LogP contribution is -2.43. The van der Waals surface area contributed by atoms with Crippen molar-refractivity contribution in [3.63, 3.8) is 0 Å². The van der Waals surface area contributed by atoms with Gasteiger partial charge in [0.2, 0.25) is 0 Å². The fourth-order valence-electron chi connectivity index (χ4n) is 2.11. The highest BCUT2D eigenvalue weighted by atomic mass is 35.5. The third-order valence-electron chi connectivity index (χ3n) is 2.89. The predicted molar refractivity (Wildman–Crippen MR) is 75.6 cm³/mol. The van der Waals surface area contributed by atoms with Crippen LogP contribution in [0.15, 0.2) is 18.2 Å². The van der Waals surface area contributed by atoms with E-state index in [1.165, 1.54) is 0 Å². The standard InChI is InChI=1S/C13H16ClNOS/c1-13(2)9-15(5-6-17-13)12-7-11(14)4-3-10(12)8-16/h3-4,7-8H,5-6,9H2,1-2H3. The summed E-state index contributed by atoms with van der Waals surface area (Å²) >= 11 is 7.99. The zero-order valence-corrected chi connectivity index (χ0v) is 11.6. The quantitative estimate of drug-likeness (QED) is 0.767. The molecule has 17 heavy (non-hydrogen) atoms. The number of hydrogen-bond acceptors (Lipinski definition) is 3. The molecule has 0 radical (unpaired) electrons. The Kier molecular flexibility index (Phi) is 3.69. The van der Waals surface area contributed by atoms with Crippen molar-refractivity contribution in [3.05, 3.63) is 28.8 Å². The predicted octanol–water partition coefficient (Wildman–Crippen LogP) is 3.48. The molecule has 1 aliphatic rings. The third kappa shape index (κ3) is 2.96. The van der Waals surface area contributed by atoms with E-state index in [4.69, 9.17) is 11.6 Å². The van der Waals surface area contributed by atoms with E-state index in [0.717, 1.165) is 36.4 Å². The molecule has 4 heteroatoms. The van der Waals surface area contributed by atoms with E-state index in [9.17, 15) is 4.79 Å². The summed E-state index contributed by atoms with van der Waals surface area (Å²) < 4.78 is 0.223. The Morgan fingerprint density at radius 1 is 1.47 bits per heavy atom. The van der Waals surface area contributed by atoms with E-state index in [2.05, 4.69) is 18.7 Å². The topological polar surface area (TPSA) is 20.3 Å². The van der Waals surface area contributed by atoms with E-state index >= 15 is 0 Å². The number of thioether (sulfide) groups is 1. The molecule has 0 atom stereocenters. The summed E-state index contributed by atoms with van der Waals surface area (Å²) in [5.41, 5.74) is 1.68. The zero-order chi connectivity index (χ0) is 12.5. The second-order valence-electron chi connectivity index (χ2n) is 4.85. The summed E-state index contributed by atoms with van der Waals surface area (Å²) in [5.74, 6) is 1.08. The highest BCUT2D eigenvalue weighted by Crippen LogP contribution is 2.34. The molecule has 1 aromatic carbocycles. The number of aldehydes is 1. The van der Waals surface area contributed by atoms with E-state index in [1.807, 2.05) is 17.8 Å². The summed E-state index contributed by atoms with van der Waals surface area (Å²) in [4.78, 5) is 13.3. The average molecular weight is 270 g/mol. The highest BCUT2D eigenvalue weighted by Gasteiger charge is 2.28. The minimum Gasteiger partial charge on any atom is -0.369 e. The van der Waals surface area contributed by atoms with Crippen LogP contribution in [0.2, 0.25) is 5.02 Å². The normalized spacial score (nSPS) is 19.1. The SMILES string of the molecule is CC1(C)CN(c2cc(Cl)ccc2C=O)CCS1. The molecule has 0 aromatic heterocycles. The monoisotopic (exact) mass is 269 g/mol. The molecule has 0 amide bonds. The Labute approximate surface area is 111 Å². The second kappa shape index (κ2) is 4.91. The molecule has 2 rings (SSSR count). The molecular formula is C13H16ClNOS. The first-order chi connectivity index (χ1) is 8.02. The molecule has 0 saturated carbocycles. The molecule has 0 N–H and O–H groups in total. The first-order valence-corrected chi connectivity index (χ1v) is 7.02. The molecule has 1 heterocycles. The summed E-state index contributed by atoms with van der Waals surface area (Å²) in [6.07, 6.45) is 0.903. The Morgan fingerprint density at radius 2 is 2.24 bits per heavy atom. The lowest BCUT2D eigenvalue weighted by molar-refractivity contribution is 0.112. The molecule has 0 aliphatic carbocycles. The zero-order valence-electron chi connectivity index (χ0n) is 10.1. The lowest BCUT2D eigenvalue weighted by atomic mass is 10.1. The maximum atomic E-state index is 11.1. The van der Waals surface area contributed by atoms with Gasteiger partial charge in [0.25, 0.3) is 0 Å². The van der Waals surface area contributed by atoms with Crippen LogP contribution in [-0.2, 0) is 0 Å². The van der Waals surface area contributed by atoms with Crippen LogP contribution in [0.4, 0.5) is 5.69 Å². The molecule has 1 aromatic rings. The molecule has 0 unspecified atom stereocenters. The average Bonchev–Trinajstić information content (AvgIpc) is 2.27. The third-order valence-corrected chi connectivity index (χ3v) is 4.42. The smallest absolute Gasteiger partial charge is 0.152 e. The fourth-order valence-corrected chi connectivity index (χ4v) is 3.39. The van der Waals surface area contributed by atoms with Crippen LogP contribution in [0, 0.1) is 0 Å². The van der Waals surface area contributed by atoms with Gasteiger partial charge in [0.05, 0.1) is 0 Å². The molecule has 1 saturated heterocycles. The summed E-state index contributed by atoms with van der Waals surface area (Å²) in [6.45, 7) is 6.37. The van der Waals surface area contributed by atoms with Gasteiger partial charge >= 0.3 is 0 Å². The van der Waals surface area contributed by atoms with Crippen LogP contribution in [0.5, 0.6) is 0 Å². The Morgan fingerprint density at radius 3 is 2.88 bits per heavy atom. The number of rotatable bonds is 2. The largest absolute Gasteiger partial charge is 0.369 e. The van der Waals surface area contributed by atoms with Crippen molar-refractivity contribution in [1.29, 1.82) is 0 Å². The van der Waals surface area contributed by atoms with E-state index < -0.39 is 0 Å². The van der Waals surface area contributed by atoms with Crippen LogP contribution >= 0.6 is 23.4 Å². The van der Waals surface area contributed by atoms with Gasteiger partial charge in [-0.2, -0.15) is 11.8 Å². The number of anilines is 1. The maximum Gasteiger partial charge on any atom is 0.152 e. The minimum absolute atomic E-state index is 0.223. The van der Waals surface area contributed by atoms with Crippen molar-refractivity contribution in [2.45, 2.75) is 18.6 Å². The van der Waals surface area contributed by atoms with Crippen molar-refractivity contribution >= 4 is 35.3 Å². The van der Waals surface area contributed by atoms with Crippen molar-refractivity contribution in [2.75, 3.05) is 23.7 Å². The van der Waals surface area contributed by atoms with E-state index in [1.54, 1.807) is 12.1 Å². The molecular weight excluding hydrogens is 254 g/mol. The molecule has 1 fully saturated rings. The van der Waals surface area contributed by atoms with E-state index in [0.29, 0.717) is 5.02 Å². The Hall–Kier alpha value is -0.670. The second-order valence-corrected chi connectivity index (χ2v) is 7.09. The van der Waals surface area contributed by atoms with Crippen LogP contribution in [0.25, 0.3) is 0 Å². The highest BCUT2D eigenvalue weighted by molar-refractivity contribution is 8.00. The van der Waals surface area contributed by atoms with E-state index in [-0.39, 0.29) is 4.75 Å². The molecule has 1 aliphatic heterocycles. The molecule has 92 valence electrons. The van der Waals surface area contributed by atoms with Crippen LogP contribution < -0.4 is 4.90 Å². The number of benzene rings is 1. The number of nitrogens with zero attached hydrogens (tertiary/aromatic N) is 1. The lowest BCUT2D eigenvalue weighted by Gasteiger charge is -2.39. The van der Waals surface area contributed by atoms with Gasteiger partial charge in [-0.25, -0.2) is 0 Å². The number of halogens is 1. The molecule has 0 bridgehead atoms. The fraction of sp³-hybridized carbons (Fsp3) is 0.462. The Balaban J connectivity index is 2.32. The van der Waals surface area contributed by atoms with Crippen molar-refractivity contribution in [3.8, 4) is 0 Å². The minimum atomic E-state index is 0.223. The van der Waals surface area contributed by atoms with Gasteiger partial charge in [-0.3, -0.25) is 4.79 Å². The Bertz CT molecular complexity index is 433. The summed E-state index contributed by atoms with van der Waals surface area (Å²) in [5, 5.41) is 0.682. The van der Waals surface area contributed by atoms with Gasteiger partial charge in [0.15, 0.2) is 6.29 Å². The molecule has 2 nitrogen and oxygen atoms in total. The maximum absolute atomic E-state index is 11.1. The van der Waals surface area contributed by atoms with Crippen molar-refractivity contribution < 1.29 is 4.79 Å². The summed E-state index contributed by atoms with van der Waals surface area (Å²) in [6, 6.07) is 5.44. The van der Waals surface area contributed by atoms with Crippen LogP contribution in [0.1, 0.15) is 24.2 Å². The van der Waals surface area contributed by atoms with Crippen molar-refractivity contribution in [2.24, 2.45) is 0 Å². The number of hydrogen-bond donors (Lipinski definition) is 0.